The van der Waals surface area contributed by atoms with E-state index in [2.05, 4.69) is 0 Å². The number of aliphatic carboxylic acids is 1. The highest BCUT2D eigenvalue weighted by Crippen LogP contribution is 2.29. The van der Waals surface area contributed by atoms with Crippen molar-refractivity contribution in [3.8, 4) is 11.5 Å². The molecule has 1 aromatic rings. The van der Waals surface area contributed by atoms with Crippen LogP contribution in [0.1, 0.15) is 19.4 Å². The van der Waals surface area contributed by atoms with Gasteiger partial charge in [0.15, 0.2) is 17.6 Å². The third-order valence-corrected chi connectivity index (χ3v) is 2.14. The van der Waals surface area contributed by atoms with E-state index in [1.54, 1.807) is 18.2 Å². The molecule has 0 saturated carbocycles. The van der Waals surface area contributed by atoms with Gasteiger partial charge in [-0.15, -0.1) is 0 Å². The quantitative estimate of drug-likeness (QED) is 0.786. The molecule has 0 spiro atoms. The molecule has 0 aliphatic heterocycles. The second kappa shape index (κ2) is 6.10. The summed E-state index contributed by atoms with van der Waals surface area (Å²) >= 11 is 0. The number of rotatable bonds is 6. The largest absolute Gasteiger partial charge is 0.490 e. The number of aliphatic hydroxyl groups is 1. The fourth-order valence-electron chi connectivity index (χ4n) is 1.26. The van der Waals surface area contributed by atoms with Crippen LogP contribution in [0.4, 0.5) is 0 Å². The third-order valence-electron chi connectivity index (χ3n) is 2.14. The van der Waals surface area contributed by atoms with Crippen LogP contribution in [0.5, 0.6) is 11.5 Å². The summed E-state index contributed by atoms with van der Waals surface area (Å²) in [7, 11) is 0. The smallest absolute Gasteiger partial charge is 0.344 e. The van der Waals surface area contributed by atoms with Crippen molar-refractivity contribution in [2.45, 2.75) is 26.6 Å². The molecule has 17 heavy (non-hydrogen) atoms. The van der Waals surface area contributed by atoms with E-state index in [4.69, 9.17) is 19.7 Å². The summed E-state index contributed by atoms with van der Waals surface area (Å²) in [5.74, 6) is -0.246. The molecule has 94 valence electrons. The van der Waals surface area contributed by atoms with Gasteiger partial charge in [0.25, 0.3) is 0 Å². The number of hydrogen-bond donors (Lipinski definition) is 2. The second-order valence-electron chi connectivity index (χ2n) is 3.47. The molecule has 5 heteroatoms. The molecule has 1 atom stereocenters. The predicted molar refractivity (Wildman–Crippen MR) is 61.3 cm³/mol. The highest BCUT2D eigenvalue weighted by Gasteiger charge is 2.15. The van der Waals surface area contributed by atoms with Crippen LogP contribution in [0.2, 0.25) is 0 Å². The molecule has 2 N–H and O–H groups in total. The first-order valence-electron chi connectivity index (χ1n) is 5.34. The number of benzene rings is 1. The summed E-state index contributed by atoms with van der Waals surface area (Å²) in [6.07, 6.45) is -0.950. The average molecular weight is 240 g/mol. The van der Waals surface area contributed by atoms with Gasteiger partial charge >= 0.3 is 5.97 Å². The van der Waals surface area contributed by atoms with Crippen LogP contribution in [0.25, 0.3) is 0 Å². The Kier molecular flexibility index (Phi) is 4.78. The maximum atomic E-state index is 10.7. The van der Waals surface area contributed by atoms with Gasteiger partial charge in [0, 0.05) is 0 Å². The summed E-state index contributed by atoms with van der Waals surface area (Å²) in [5.41, 5.74) is 0.684. The lowest BCUT2D eigenvalue weighted by Gasteiger charge is -2.15. The van der Waals surface area contributed by atoms with Crippen molar-refractivity contribution in [1.82, 2.24) is 0 Å². The SMILES string of the molecule is CCOc1cc(CO)ccc1OC(C)C(=O)O. The molecule has 0 heterocycles. The first-order chi connectivity index (χ1) is 8.08. The average Bonchev–Trinajstić information content (AvgIpc) is 2.31. The normalized spacial score (nSPS) is 11.9. The fourth-order valence-corrected chi connectivity index (χ4v) is 1.26. The van der Waals surface area contributed by atoms with Crippen LogP contribution in [-0.2, 0) is 11.4 Å². The van der Waals surface area contributed by atoms with Gasteiger partial charge in [-0.1, -0.05) is 6.07 Å². The number of carboxylic acids is 1. The fraction of sp³-hybridized carbons (Fsp3) is 0.417. The topological polar surface area (TPSA) is 76.0 Å². The molecule has 0 radical (unpaired) electrons. The van der Waals surface area contributed by atoms with E-state index >= 15 is 0 Å². The minimum absolute atomic E-state index is 0.102. The molecule has 0 fully saturated rings. The Morgan fingerprint density at radius 2 is 2.12 bits per heavy atom. The van der Waals surface area contributed by atoms with Crippen molar-refractivity contribution in [3.05, 3.63) is 23.8 Å². The number of carboxylic acid groups (broad SMARTS) is 1. The zero-order valence-electron chi connectivity index (χ0n) is 9.84. The Bertz CT molecular complexity index is 388. The molecule has 0 aliphatic rings. The van der Waals surface area contributed by atoms with Gasteiger partial charge in [0.05, 0.1) is 13.2 Å². The van der Waals surface area contributed by atoms with Crippen LogP contribution < -0.4 is 9.47 Å². The zero-order chi connectivity index (χ0) is 12.8. The van der Waals surface area contributed by atoms with Gasteiger partial charge in [-0.2, -0.15) is 0 Å². The maximum absolute atomic E-state index is 10.7. The monoisotopic (exact) mass is 240 g/mol. The molecule has 0 bridgehead atoms. The Labute approximate surface area is 99.6 Å². The minimum Gasteiger partial charge on any atom is -0.490 e. The third kappa shape index (κ3) is 3.64. The van der Waals surface area contributed by atoms with E-state index in [1.165, 1.54) is 6.92 Å². The first-order valence-corrected chi connectivity index (χ1v) is 5.34. The summed E-state index contributed by atoms with van der Waals surface area (Å²) < 4.78 is 10.6. The number of carbonyl (C=O) groups is 1. The van der Waals surface area contributed by atoms with Crippen LogP contribution in [0, 0.1) is 0 Å². The van der Waals surface area contributed by atoms with Crippen LogP contribution >= 0.6 is 0 Å². The van der Waals surface area contributed by atoms with Crippen molar-refractivity contribution < 1.29 is 24.5 Å². The molecule has 5 nitrogen and oxygen atoms in total. The Balaban J connectivity index is 2.93. The van der Waals surface area contributed by atoms with Gasteiger partial charge in [-0.25, -0.2) is 4.79 Å². The van der Waals surface area contributed by atoms with Crippen LogP contribution in [0.3, 0.4) is 0 Å². The Hall–Kier alpha value is -1.75. The van der Waals surface area contributed by atoms with Crippen molar-refractivity contribution >= 4 is 5.97 Å². The number of hydrogen-bond acceptors (Lipinski definition) is 4. The molecule has 0 saturated heterocycles. The summed E-state index contributed by atoms with van der Waals surface area (Å²) in [6.45, 7) is 3.59. The van der Waals surface area contributed by atoms with Crippen LogP contribution in [0.15, 0.2) is 18.2 Å². The van der Waals surface area contributed by atoms with Crippen molar-refractivity contribution in [3.63, 3.8) is 0 Å². The summed E-state index contributed by atoms with van der Waals surface area (Å²) in [6, 6.07) is 4.88. The van der Waals surface area contributed by atoms with Crippen molar-refractivity contribution in [2.24, 2.45) is 0 Å². The van der Waals surface area contributed by atoms with Gasteiger partial charge < -0.3 is 19.7 Å². The van der Waals surface area contributed by atoms with E-state index in [1.807, 2.05) is 6.92 Å². The van der Waals surface area contributed by atoms with Gasteiger partial charge in [-0.05, 0) is 31.5 Å². The van der Waals surface area contributed by atoms with Gasteiger partial charge in [0.1, 0.15) is 0 Å². The summed E-state index contributed by atoms with van der Waals surface area (Å²) in [4.78, 5) is 10.7. The van der Waals surface area contributed by atoms with E-state index < -0.39 is 12.1 Å². The molecule has 0 aromatic heterocycles. The molecule has 0 amide bonds. The molecular formula is C12H16O5. The Morgan fingerprint density at radius 1 is 1.41 bits per heavy atom. The van der Waals surface area contributed by atoms with Crippen LogP contribution in [-0.4, -0.2) is 28.9 Å². The zero-order valence-corrected chi connectivity index (χ0v) is 9.84. The molecule has 0 aliphatic carbocycles. The van der Waals surface area contributed by atoms with Crippen molar-refractivity contribution in [2.75, 3.05) is 6.61 Å². The number of aliphatic hydroxyl groups excluding tert-OH is 1. The second-order valence-corrected chi connectivity index (χ2v) is 3.47. The first kappa shape index (κ1) is 13.3. The van der Waals surface area contributed by atoms with E-state index in [0.29, 0.717) is 23.7 Å². The maximum Gasteiger partial charge on any atom is 0.344 e. The highest BCUT2D eigenvalue weighted by atomic mass is 16.5. The van der Waals surface area contributed by atoms with E-state index in [9.17, 15) is 4.79 Å². The number of ether oxygens (including phenoxy) is 2. The lowest BCUT2D eigenvalue weighted by molar-refractivity contribution is -0.144. The van der Waals surface area contributed by atoms with E-state index in [-0.39, 0.29) is 6.61 Å². The predicted octanol–water partition coefficient (Wildman–Crippen LogP) is 1.43. The highest BCUT2D eigenvalue weighted by molar-refractivity contribution is 5.72. The minimum atomic E-state index is -1.04. The Morgan fingerprint density at radius 3 is 2.65 bits per heavy atom. The molecular weight excluding hydrogens is 224 g/mol. The lowest BCUT2D eigenvalue weighted by atomic mass is 10.2. The van der Waals surface area contributed by atoms with Gasteiger partial charge in [-0.3, -0.25) is 0 Å². The lowest BCUT2D eigenvalue weighted by Crippen LogP contribution is -2.23. The molecule has 1 aromatic carbocycles. The van der Waals surface area contributed by atoms with E-state index in [0.717, 1.165) is 0 Å². The standard InChI is InChI=1S/C12H16O5/c1-3-16-11-6-9(7-13)4-5-10(11)17-8(2)12(14)15/h4-6,8,13H,3,7H2,1-2H3,(H,14,15). The van der Waals surface area contributed by atoms with Crippen molar-refractivity contribution in [1.29, 1.82) is 0 Å². The molecule has 1 rings (SSSR count). The van der Waals surface area contributed by atoms with Gasteiger partial charge in [0.2, 0.25) is 0 Å². The molecule has 1 unspecified atom stereocenters. The summed E-state index contributed by atoms with van der Waals surface area (Å²) in [5, 5.41) is 17.8.